The quantitative estimate of drug-likeness (QED) is 0.186. The van der Waals surface area contributed by atoms with Crippen LogP contribution in [-0.2, 0) is 0 Å². The lowest BCUT2D eigenvalue weighted by atomic mass is 10.1. The summed E-state index contributed by atoms with van der Waals surface area (Å²) in [6.45, 7) is 0. The van der Waals surface area contributed by atoms with Gasteiger partial charge in [-0.1, -0.05) is 121 Å². The van der Waals surface area contributed by atoms with Crippen molar-refractivity contribution in [2.75, 3.05) is 0 Å². The maximum Gasteiger partial charge on any atom is 0.140 e. The Kier molecular flexibility index (Phi) is 5.92. The van der Waals surface area contributed by atoms with Gasteiger partial charge < -0.3 is 4.57 Å². The lowest BCUT2D eigenvalue weighted by Gasteiger charge is -2.15. The smallest absolute Gasteiger partial charge is 0.140 e. The molecule has 0 radical (unpaired) electrons. The van der Waals surface area contributed by atoms with E-state index in [1.165, 1.54) is 43.4 Å². The van der Waals surface area contributed by atoms with Crippen molar-refractivity contribution in [3.05, 3.63) is 182 Å². The largest absolute Gasteiger partial charge is 0.309 e. The average molecular weight is 651 g/mol. The maximum absolute atomic E-state index is 5.49. The molecule has 4 heteroatoms. The molecular weight excluding hydrogens is 621 g/mol. The molecule has 0 fully saturated rings. The SMILES string of the molecule is c1ccc2c(c1)c1ccccc1n2-c1ccc(-c2cc(-n3c4ccccc4c4ccccc43)nc(-n3c4ccccc4c4ccccc43)c2)cc1. The van der Waals surface area contributed by atoms with Crippen LogP contribution in [-0.4, -0.2) is 18.7 Å². The van der Waals surface area contributed by atoms with Gasteiger partial charge in [0.15, 0.2) is 0 Å². The van der Waals surface area contributed by atoms with Gasteiger partial charge in [-0.25, -0.2) is 4.98 Å². The third kappa shape index (κ3) is 4.11. The first kappa shape index (κ1) is 28.0. The van der Waals surface area contributed by atoms with E-state index in [0.29, 0.717) is 0 Å². The van der Waals surface area contributed by atoms with Crippen molar-refractivity contribution in [2.45, 2.75) is 0 Å². The third-order valence-corrected chi connectivity index (χ3v) is 10.5. The molecule has 0 aliphatic carbocycles. The summed E-state index contributed by atoms with van der Waals surface area (Å²) >= 11 is 0. The van der Waals surface area contributed by atoms with Crippen LogP contribution in [0.1, 0.15) is 0 Å². The Balaban J connectivity index is 1.17. The molecule has 0 amide bonds. The summed E-state index contributed by atoms with van der Waals surface area (Å²) < 4.78 is 7.00. The van der Waals surface area contributed by atoms with Crippen molar-refractivity contribution >= 4 is 65.4 Å². The molecule has 51 heavy (non-hydrogen) atoms. The first-order valence-corrected chi connectivity index (χ1v) is 17.4. The minimum absolute atomic E-state index is 0.883. The molecule has 0 aliphatic heterocycles. The maximum atomic E-state index is 5.49. The molecule has 4 aromatic heterocycles. The summed E-state index contributed by atoms with van der Waals surface area (Å²) in [6.07, 6.45) is 0. The lowest BCUT2D eigenvalue weighted by molar-refractivity contribution is 1.01. The van der Waals surface area contributed by atoms with Crippen molar-refractivity contribution in [1.29, 1.82) is 0 Å². The highest BCUT2D eigenvalue weighted by Gasteiger charge is 2.19. The van der Waals surface area contributed by atoms with Crippen LogP contribution in [0.3, 0.4) is 0 Å². The van der Waals surface area contributed by atoms with Gasteiger partial charge in [0.05, 0.1) is 33.1 Å². The second-order valence-corrected chi connectivity index (χ2v) is 13.2. The van der Waals surface area contributed by atoms with Crippen molar-refractivity contribution < 1.29 is 0 Å². The zero-order valence-corrected chi connectivity index (χ0v) is 27.6. The number of benzene rings is 7. The standard InChI is InChI=1S/C47H30N4/c1-7-19-40-34(13-1)35-14-2-8-20-41(35)49(40)33-27-25-31(26-28-33)32-29-46(50-42-21-9-3-15-36(42)37-16-4-10-22-43(37)50)48-47(30-32)51-44-23-11-5-17-38(44)39-18-6-12-24-45(39)51/h1-30H. The van der Waals surface area contributed by atoms with E-state index < -0.39 is 0 Å². The van der Waals surface area contributed by atoms with Gasteiger partial charge in [-0.3, -0.25) is 9.13 Å². The van der Waals surface area contributed by atoms with Gasteiger partial charge in [0, 0.05) is 38.0 Å². The molecule has 0 N–H and O–H groups in total. The molecule has 4 nitrogen and oxygen atoms in total. The second-order valence-electron chi connectivity index (χ2n) is 13.2. The highest BCUT2D eigenvalue weighted by Crippen LogP contribution is 2.37. The van der Waals surface area contributed by atoms with E-state index in [1.807, 2.05) is 0 Å². The number of pyridine rings is 1. The van der Waals surface area contributed by atoms with Crippen LogP contribution in [0, 0.1) is 0 Å². The van der Waals surface area contributed by atoms with Gasteiger partial charge in [0.2, 0.25) is 0 Å². The molecule has 0 atom stereocenters. The van der Waals surface area contributed by atoms with E-state index in [9.17, 15) is 0 Å². The Bertz CT molecular complexity index is 2850. The van der Waals surface area contributed by atoms with Gasteiger partial charge in [-0.05, 0) is 71.8 Å². The lowest BCUT2D eigenvalue weighted by Crippen LogP contribution is -2.04. The fraction of sp³-hybridized carbons (Fsp3) is 0. The minimum atomic E-state index is 0.883. The topological polar surface area (TPSA) is 27.7 Å². The fourth-order valence-corrected chi connectivity index (χ4v) is 8.24. The average Bonchev–Trinajstić information content (AvgIpc) is 3.84. The predicted octanol–water partition coefficient (Wildman–Crippen LogP) is 12.0. The summed E-state index contributed by atoms with van der Waals surface area (Å²) in [5, 5.41) is 7.39. The Morgan fingerprint density at radius 1 is 0.275 bits per heavy atom. The number of aromatic nitrogens is 4. The van der Waals surface area contributed by atoms with Crippen LogP contribution in [0.2, 0.25) is 0 Å². The monoisotopic (exact) mass is 650 g/mol. The molecule has 0 aliphatic rings. The van der Waals surface area contributed by atoms with Crippen LogP contribution in [0.25, 0.3) is 93.9 Å². The molecule has 0 saturated carbocycles. The summed E-state index contributed by atoms with van der Waals surface area (Å²) in [7, 11) is 0. The number of hydrogen-bond acceptors (Lipinski definition) is 1. The summed E-state index contributed by atoms with van der Waals surface area (Å²) in [5.41, 5.74) is 10.3. The summed E-state index contributed by atoms with van der Waals surface area (Å²) in [6, 6.07) is 65.3. The van der Waals surface area contributed by atoms with E-state index in [-0.39, 0.29) is 0 Å². The van der Waals surface area contributed by atoms with E-state index in [1.54, 1.807) is 0 Å². The predicted molar refractivity (Wildman–Crippen MR) is 213 cm³/mol. The van der Waals surface area contributed by atoms with Crippen LogP contribution < -0.4 is 0 Å². The zero-order chi connectivity index (χ0) is 33.5. The number of rotatable bonds is 4. The van der Waals surface area contributed by atoms with E-state index in [4.69, 9.17) is 4.98 Å². The molecule has 0 saturated heterocycles. The van der Waals surface area contributed by atoms with Gasteiger partial charge in [0.25, 0.3) is 0 Å². The van der Waals surface area contributed by atoms with Crippen molar-refractivity contribution in [2.24, 2.45) is 0 Å². The van der Waals surface area contributed by atoms with Gasteiger partial charge in [-0.2, -0.15) is 0 Å². The third-order valence-electron chi connectivity index (χ3n) is 10.5. The fourth-order valence-electron chi connectivity index (χ4n) is 8.24. The molecular formula is C47H30N4. The van der Waals surface area contributed by atoms with Crippen LogP contribution in [0.15, 0.2) is 182 Å². The molecule has 238 valence electrons. The zero-order valence-electron chi connectivity index (χ0n) is 27.6. The first-order chi connectivity index (χ1) is 25.3. The number of hydrogen-bond donors (Lipinski definition) is 0. The van der Waals surface area contributed by atoms with Gasteiger partial charge >= 0.3 is 0 Å². The van der Waals surface area contributed by atoms with E-state index in [2.05, 4.69) is 196 Å². The molecule has 0 unspecified atom stereocenters. The van der Waals surface area contributed by atoms with E-state index in [0.717, 1.165) is 50.5 Å². The molecule has 0 bridgehead atoms. The first-order valence-electron chi connectivity index (χ1n) is 17.4. The highest BCUT2D eigenvalue weighted by atomic mass is 15.1. The van der Waals surface area contributed by atoms with Crippen molar-refractivity contribution in [1.82, 2.24) is 18.7 Å². The number of para-hydroxylation sites is 6. The Labute approximate surface area is 293 Å². The highest BCUT2D eigenvalue weighted by molar-refractivity contribution is 6.11. The Morgan fingerprint density at radius 3 is 0.902 bits per heavy atom. The van der Waals surface area contributed by atoms with Crippen molar-refractivity contribution in [3.63, 3.8) is 0 Å². The summed E-state index contributed by atoms with van der Waals surface area (Å²) in [5.74, 6) is 1.77. The van der Waals surface area contributed by atoms with Crippen LogP contribution >= 0.6 is 0 Å². The van der Waals surface area contributed by atoms with Gasteiger partial charge in [-0.15, -0.1) is 0 Å². The summed E-state index contributed by atoms with van der Waals surface area (Å²) in [4.78, 5) is 5.49. The Hall–Kier alpha value is -6.91. The molecule has 7 aromatic carbocycles. The van der Waals surface area contributed by atoms with E-state index >= 15 is 0 Å². The number of fused-ring (bicyclic) bond motifs is 9. The van der Waals surface area contributed by atoms with Gasteiger partial charge in [0.1, 0.15) is 11.6 Å². The molecule has 4 heterocycles. The molecule has 11 rings (SSSR count). The Morgan fingerprint density at radius 2 is 0.569 bits per heavy atom. The minimum Gasteiger partial charge on any atom is -0.309 e. The van der Waals surface area contributed by atoms with Crippen molar-refractivity contribution in [3.8, 4) is 28.5 Å². The van der Waals surface area contributed by atoms with Crippen LogP contribution in [0.4, 0.5) is 0 Å². The number of nitrogens with zero attached hydrogens (tertiary/aromatic N) is 4. The molecule has 11 aromatic rings. The molecule has 0 spiro atoms. The second kappa shape index (κ2) is 10.8. The normalized spacial score (nSPS) is 11.9. The van der Waals surface area contributed by atoms with Crippen LogP contribution in [0.5, 0.6) is 0 Å².